The molecule has 4 nitrogen and oxygen atoms in total. The van der Waals surface area contributed by atoms with Gasteiger partial charge in [0.2, 0.25) is 0 Å². The number of carboxylic acid groups (broad SMARTS) is 1. The highest BCUT2D eigenvalue weighted by Crippen LogP contribution is 2.20. The lowest BCUT2D eigenvalue weighted by atomic mass is 9.95. The number of hydrogen-bond donors (Lipinski definition) is 2. The third kappa shape index (κ3) is 2.95. The zero-order chi connectivity index (χ0) is 12.2. The maximum atomic E-state index is 10.6. The second-order valence-electron chi connectivity index (χ2n) is 4.13. The summed E-state index contributed by atoms with van der Waals surface area (Å²) in [5.74, 6) is -1.000. The molecule has 0 atom stereocenters. The van der Waals surface area contributed by atoms with Gasteiger partial charge in [-0.25, -0.2) is 9.78 Å². The summed E-state index contributed by atoms with van der Waals surface area (Å²) in [6, 6.07) is 3.26. The molecule has 1 rings (SSSR count). The van der Waals surface area contributed by atoms with E-state index in [0.717, 1.165) is 18.5 Å². The first-order valence-corrected chi connectivity index (χ1v) is 5.48. The number of nitrogens with one attached hydrogen (secondary N) is 1. The van der Waals surface area contributed by atoms with Crippen LogP contribution in [0.25, 0.3) is 0 Å². The zero-order valence-corrected chi connectivity index (χ0v) is 9.95. The zero-order valence-electron chi connectivity index (χ0n) is 9.95. The average Bonchev–Trinajstić information content (AvgIpc) is 2.29. The summed E-state index contributed by atoms with van der Waals surface area (Å²) in [6.07, 6.45) is 3.57. The number of pyridine rings is 1. The predicted molar refractivity (Wildman–Crippen MR) is 63.8 cm³/mol. The maximum Gasteiger partial charge on any atom is 0.354 e. The van der Waals surface area contributed by atoms with Gasteiger partial charge in [0.1, 0.15) is 5.69 Å². The molecule has 0 spiro atoms. The van der Waals surface area contributed by atoms with Gasteiger partial charge in [-0.15, -0.1) is 0 Å². The van der Waals surface area contributed by atoms with E-state index in [-0.39, 0.29) is 11.2 Å². The topological polar surface area (TPSA) is 62.2 Å². The Bertz CT molecular complexity index is 356. The number of carboxylic acids is 1. The minimum atomic E-state index is -1.000. The van der Waals surface area contributed by atoms with Crippen LogP contribution in [0.4, 0.5) is 5.69 Å². The van der Waals surface area contributed by atoms with Gasteiger partial charge in [-0.1, -0.05) is 13.8 Å². The van der Waals surface area contributed by atoms with Crippen LogP contribution in [0.1, 0.15) is 44.1 Å². The summed E-state index contributed by atoms with van der Waals surface area (Å²) in [5.41, 5.74) is 0.961. The van der Waals surface area contributed by atoms with Crippen molar-refractivity contribution in [3.05, 3.63) is 24.0 Å². The number of aromatic carboxylic acids is 1. The highest BCUT2D eigenvalue weighted by molar-refractivity contribution is 5.85. The molecular formula is C12H18N2O2. The molecule has 16 heavy (non-hydrogen) atoms. The second kappa shape index (κ2) is 4.96. The molecule has 0 aliphatic heterocycles. The van der Waals surface area contributed by atoms with E-state index in [1.165, 1.54) is 6.07 Å². The van der Waals surface area contributed by atoms with Gasteiger partial charge in [-0.2, -0.15) is 0 Å². The standard InChI is InChI=1S/C12H18N2O2/c1-4-12(3,5-2)14-9-6-7-10(11(15)16)13-8-9/h6-8,14H,4-5H2,1-3H3,(H,15,16). The summed E-state index contributed by atoms with van der Waals surface area (Å²) in [7, 11) is 0. The van der Waals surface area contributed by atoms with Crippen LogP contribution in [-0.4, -0.2) is 21.6 Å². The Morgan fingerprint density at radius 2 is 2.06 bits per heavy atom. The molecule has 0 fully saturated rings. The van der Waals surface area contributed by atoms with Crippen molar-refractivity contribution in [1.82, 2.24) is 4.98 Å². The number of rotatable bonds is 5. The smallest absolute Gasteiger partial charge is 0.354 e. The first-order valence-electron chi connectivity index (χ1n) is 5.48. The summed E-state index contributed by atoms with van der Waals surface area (Å²) in [6.45, 7) is 6.38. The quantitative estimate of drug-likeness (QED) is 0.804. The van der Waals surface area contributed by atoms with E-state index >= 15 is 0 Å². The summed E-state index contributed by atoms with van der Waals surface area (Å²) in [5, 5.41) is 12.1. The number of anilines is 1. The highest BCUT2D eigenvalue weighted by atomic mass is 16.4. The number of nitrogens with zero attached hydrogens (tertiary/aromatic N) is 1. The lowest BCUT2D eigenvalue weighted by Crippen LogP contribution is -2.32. The fraction of sp³-hybridized carbons (Fsp3) is 0.500. The number of hydrogen-bond acceptors (Lipinski definition) is 3. The largest absolute Gasteiger partial charge is 0.477 e. The molecule has 0 amide bonds. The first-order chi connectivity index (χ1) is 7.50. The molecule has 1 aromatic rings. The van der Waals surface area contributed by atoms with Crippen molar-refractivity contribution < 1.29 is 9.90 Å². The van der Waals surface area contributed by atoms with Crippen LogP contribution in [0.3, 0.4) is 0 Å². The summed E-state index contributed by atoms with van der Waals surface area (Å²) in [4.78, 5) is 14.5. The van der Waals surface area contributed by atoms with E-state index in [2.05, 4.69) is 31.1 Å². The van der Waals surface area contributed by atoms with Crippen LogP contribution in [-0.2, 0) is 0 Å². The summed E-state index contributed by atoms with van der Waals surface area (Å²) >= 11 is 0. The normalized spacial score (nSPS) is 11.2. The fourth-order valence-electron chi connectivity index (χ4n) is 1.37. The molecule has 0 radical (unpaired) electrons. The van der Waals surface area contributed by atoms with Gasteiger partial charge in [0.15, 0.2) is 0 Å². The van der Waals surface area contributed by atoms with Crippen molar-refractivity contribution in [2.75, 3.05) is 5.32 Å². The van der Waals surface area contributed by atoms with Crippen LogP contribution in [0.15, 0.2) is 18.3 Å². The monoisotopic (exact) mass is 222 g/mol. The van der Waals surface area contributed by atoms with Gasteiger partial charge >= 0.3 is 5.97 Å². The Labute approximate surface area is 95.7 Å². The van der Waals surface area contributed by atoms with Crippen molar-refractivity contribution in [3.8, 4) is 0 Å². The molecule has 1 aromatic heterocycles. The molecule has 4 heteroatoms. The van der Waals surface area contributed by atoms with Crippen molar-refractivity contribution in [2.45, 2.75) is 39.2 Å². The van der Waals surface area contributed by atoms with Gasteiger partial charge in [-0.3, -0.25) is 0 Å². The summed E-state index contributed by atoms with van der Waals surface area (Å²) < 4.78 is 0. The Hall–Kier alpha value is -1.58. The molecule has 0 unspecified atom stereocenters. The molecular weight excluding hydrogens is 204 g/mol. The van der Waals surface area contributed by atoms with Crippen LogP contribution < -0.4 is 5.32 Å². The Morgan fingerprint density at radius 1 is 1.44 bits per heavy atom. The minimum absolute atomic E-state index is 0.0341. The lowest BCUT2D eigenvalue weighted by Gasteiger charge is -2.29. The van der Waals surface area contributed by atoms with Crippen molar-refractivity contribution in [1.29, 1.82) is 0 Å². The van der Waals surface area contributed by atoms with Gasteiger partial charge in [0, 0.05) is 5.54 Å². The van der Waals surface area contributed by atoms with Crippen LogP contribution in [0.2, 0.25) is 0 Å². The van der Waals surface area contributed by atoms with Gasteiger partial charge < -0.3 is 10.4 Å². The van der Waals surface area contributed by atoms with E-state index in [0.29, 0.717) is 0 Å². The Balaban J connectivity index is 2.79. The first kappa shape index (κ1) is 12.5. The van der Waals surface area contributed by atoms with Gasteiger partial charge in [0.25, 0.3) is 0 Å². The number of carbonyl (C=O) groups is 1. The molecule has 0 aliphatic rings. The number of aromatic nitrogens is 1. The van der Waals surface area contributed by atoms with Crippen molar-refractivity contribution in [2.24, 2.45) is 0 Å². The predicted octanol–water partition coefficient (Wildman–Crippen LogP) is 2.77. The minimum Gasteiger partial charge on any atom is -0.477 e. The molecule has 0 bridgehead atoms. The Morgan fingerprint density at radius 3 is 2.44 bits per heavy atom. The molecule has 2 N–H and O–H groups in total. The van der Waals surface area contributed by atoms with Gasteiger partial charge in [0.05, 0.1) is 11.9 Å². The molecule has 88 valence electrons. The Kier molecular flexibility index (Phi) is 3.88. The van der Waals surface area contributed by atoms with E-state index in [9.17, 15) is 4.79 Å². The van der Waals surface area contributed by atoms with Crippen molar-refractivity contribution >= 4 is 11.7 Å². The van der Waals surface area contributed by atoms with E-state index in [1.54, 1.807) is 12.3 Å². The molecule has 0 saturated carbocycles. The fourth-order valence-corrected chi connectivity index (χ4v) is 1.37. The molecule has 0 aliphatic carbocycles. The van der Waals surface area contributed by atoms with E-state index in [4.69, 9.17) is 5.11 Å². The average molecular weight is 222 g/mol. The highest BCUT2D eigenvalue weighted by Gasteiger charge is 2.18. The molecule has 1 heterocycles. The second-order valence-corrected chi connectivity index (χ2v) is 4.13. The van der Waals surface area contributed by atoms with Crippen LogP contribution >= 0.6 is 0 Å². The van der Waals surface area contributed by atoms with E-state index in [1.807, 2.05) is 0 Å². The third-order valence-electron chi connectivity index (χ3n) is 2.99. The van der Waals surface area contributed by atoms with Crippen LogP contribution in [0.5, 0.6) is 0 Å². The van der Waals surface area contributed by atoms with Crippen molar-refractivity contribution in [3.63, 3.8) is 0 Å². The lowest BCUT2D eigenvalue weighted by molar-refractivity contribution is 0.0690. The molecule has 0 aromatic carbocycles. The van der Waals surface area contributed by atoms with E-state index < -0.39 is 5.97 Å². The van der Waals surface area contributed by atoms with Gasteiger partial charge in [-0.05, 0) is 31.9 Å². The SMILES string of the molecule is CCC(C)(CC)Nc1ccc(C(=O)O)nc1. The molecule has 0 saturated heterocycles. The van der Waals surface area contributed by atoms with Crippen LogP contribution in [0, 0.1) is 0 Å². The third-order valence-corrected chi connectivity index (χ3v) is 2.99. The maximum absolute atomic E-state index is 10.6.